The lowest BCUT2D eigenvalue weighted by Crippen LogP contribution is -2.13. The molecule has 21 heavy (non-hydrogen) atoms. The maximum Gasteiger partial charge on any atom is 0.138 e. The molecular weight excluding hydrogens is 305 g/mol. The normalized spacial score (nSPS) is 10.6. The summed E-state index contributed by atoms with van der Waals surface area (Å²) in [6, 6.07) is 13.6. The Hall–Kier alpha value is -1.22. The summed E-state index contributed by atoms with van der Waals surface area (Å²) in [5, 5.41) is 4.52. The van der Waals surface area contributed by atoms with Crippen LogP contribution in [0.15, 0.2) is 42.5 Å². The summed E-state index contributed by atoms with van der Waals surface area (Å²) >= 11 is 11.9. The predicted octanol–water partition coefficient (Wildman–Crippen LogP) is 5.07. The number of hydrogen-bond donors (Lipinski definition) is 1. The lowest BCUT2D eigenvalue weighted by atomic mass is 10.1. The molecular formula is C17H19Cl2NO. The fourth-order valence-corrected chi connectivity index (χ4v) is 2.38. The van der Waals surface area contributed by atoms with Gasteiger partial charge in [0.15, 0.2) is 0 Å². The smallest absolute Gasteiger partial charge is 0.138 e. The van der Waals surface area contributed by atoms with E-state index in [9.17, 15) is 0 Å². The Kier molecular flexibility index (Phi) is 6.37. The number of benzene rings is 2. The van der Waals surface area contributed by atoms with Crippen molar-refractivity contribution in [3.05, 3.63) is 63.6 Å². The first-order valence-electron chi connectivity index (χ1n) is 7.05. The maximum absolute atomic E-state index is 6.07. The molecule has 0 aromatic heterocycles. The summed E-state index contributed by atoms with van der Waals surface area (Å²) in [6.07, 6.45) is 1.15. The molecule has 0 spiro atoms. The summed E-state index contributed by atoms with van der Waals surface area (Å²) in [5.74, 6) is 0.648. The van der Waals surface area contributed by atoms with Gasteiger partial charge >= 0.3 is 0 Å². The second-order valence-corrected chi connectivity index (χ2v) is 5.70. The van der Waals surface area contributed by atoms with Crippen LogP contribution in [0.4, 0.5) is 0 Å². The lowest BCUT2D eigenvalue weighted by molar-refractivity contribution is 0.306. The fraction of sp³-hybridized carbons (Fsp3) is 0.294. The van der Waals surface area contributed by atoms with Crippen LogP contribution in [0, 0.1) is 0 Å². The van der Waals surface area contributed by atoms with Gasteiger partial charge in [0.1, 0.15) is 12.4 Å². The van der Waals surface area contributed by atoms with Gasteiger partial charge in [0.2, 0.25) is 0 Å². The fourth-order valence-electron chi connectivity index (χ4n) is 1.92. The van der Waals surface area contributed by atoms with Crippen LogP contribution in [0.2, 0.25) is 10.0 Å². The van der Waals surface area contributed by atoms with Crippen molar-refractivity contribution < 1.29 is 4.74 Å². The van der Waals surface area contributed by atoms with Gasteiger partial charge in [-0.3, -0.25) is 0 Å². The SMILES string of the molecule is CCCNCc1ccc(COc2ccc(Cl)cc2Cl)cc1. The molecule has 0 atom stereocenters. The van der Waals surface area contributed by atoms with Crippen LogP contribution in [0.3, 0.4) is 0 Å². The van der Waals surface area contributed by atoms with Gasteiger partial charge in [-0.2, -0.15) is 0 Å². The average Bonchev–Trinajstić information content (AvgIpc) is 2.48. The Morgan fingerprint density at radius 1 is 1.00 bits per heavy atom. The summed E-state index contributed by atoms with van der Waals surface area (Å²) in [7, 11) is 0. The summed E-state index contributed by atoms with van der Waals surface area (Å²) in [6.45, 7) is 4.59. The first kappa shape index (κ1) is 16.2. The van der Waals surface area contributed by atoms with E-state index < -0.39 is 0 Å². The molecule has 0 saturated carbocycles. The largest absolute Gasteiger partial charge is 0.487 e. The van der Waals surface area contributed by atoms with Gasteiger partial charge in [-0.15, -0.1) is 0 Å². The zero-order valence-corrected chi connectivity index (χ0v) is 13.5. The molecule has 2 aromatic rings. The van der Waals surface area contributed by atoms with E-state index in [2.05, 4.69) is 36.5 Å². The summed E-state index contributed by atoms with van der Waals surface area (Å²) in [5.41, 5.74) is 2.39. The molecule has 2 nitrogen and oxygen atoms in total. The van der Waals surface area contributed by atoms with Crippen LogP contribution in [0.5, 0.6) is 5.75 Å². The number of hydrogen-bond acceptors (Lipinski definition) is 2. The third kappa shape index (κ3) is 5.24. The van der Waals surface area contributed by atoms with Crippen molar-refractivity contribution in [2.75, 3.05) is 6.54 Å². The van der Waals surface area contributed by atoms with Crippen LogP contribution in [0.25, 0.3) is 0 Å². The summed E-state index contributed by atoms with van der Waals surface area (Å²) < 4.78 is 5.71. The van der Waals surface area contributed by atoms with E-state index in [0.717, 1.165) is 25.1 Å². The lowest BCUT2D eigenvalue weighted by Gasteiger charge is -2.09. The summed E-state index contributed by atoms with van der Waals surface area (Å²) in [4.78, 5) is 0. The minimum absolute atomic E-state index is 0.490. The van der Waals surface area contributed by atoms with Crippen molar-refractivity contribution in [1.29, 1.82) is 0 Å². The topological polar surface area (TPSA) is 21.3 Å². The van der Waals surface area contributed by atoms with Gasteiger partial charge in [-0.05, 0) is 42.3 Å². The molecule has 0 radical (unpaired) electrons. The van der Waals surface area contributed by atoms with E-state index in [-0.39, 0.29) is 0 Å². The highest BCUT2D eigenvalue weighted by Crippen LogP contribution is 2.28. The molecule has 2 rings (SSSR count). The van der Waals surface area contributed by atoms with Gasteiger partial charge in [0.25, 0.3) is 0 Å². The van der Waals surface area contributed by atoms with Crippen molar-refractivity contribution in [3.8, 4) is 5.75 Å². The molecule has 0 heterocycles. The van der Waals surface area contributed by atoms with E-state index in [1.807, 2.05) is 0 Å². The maximum atomic E-state index is 6.07. The highest BCUT2D eigenvalue weighted by Gasteiger charge is 2.03. The van der Waals surface area contributed by atoms with Gasteiger partial charge in [0.05, 0.1) is 5.02 Å². The molecule has 1 N–H and O–H groups in total. The van der Waals surface area contributed by atoms with Crippen LogP contribution in [-0.2, 0) is 13.2 Å². The van der Waals surface area contributed by atoms with E-state index in [1.54, 1.807) is 18.2 Å². The molecule has 0 amide bonds. The molecule has 0 unspecified atom stereocenters. The molecule has 0 fully saturated rings. The third-order valence-electron chi connectivity index (χ3n) is 3.07. The van der Waals surface area contributed by atoms with Gasteiger partial charge < -0.3 is 10.1 Å². The minimum Gasteiger partial charge on any atom is -0.487 e. The van der Waals surface area contributed by atoms with Gasteiger partial charge in [0, 0.05) is 11.6 Å². The van der Waals surface area contributed by atoms with Crippen LogP contribution in [0.1, 0.15) is 24.5 Å². The first-order chi connectivity index (χ1) is 10.2. The second-order valence-electron chi connectivity index (χ2n) is 4.86. The van der Waals surface area contributed by atoms with Crippen molar-refractivity contribution in [2.45, 2.75) is 26.5 Å². The van der Waals surface area contributed by atoms with Crippen molar-refractivity contribution in [1.82, 2.24) is 5.32 Å². The molecule has 0 aliphatic carbocycles. The Bertz CT molecular complexity index is 570. The van der Waals surface area contributed by atoms with E-state index in [4.69, 9.17) is 27.9 Å². The molecule has 2 aromatic carbocycles. The Morgan fingerprint density at radius 3 is 2.38 bits per heavy atom. The molecule has 112 valence electrons. The standard InChI is InChI=1S/C17H19Cl2NO/c1-2-9-20-11-13-3-5-14(6-4-13)12-21-17-8-7-15(18)10-16(17)19/h3-8,10,20H,2,9,11-12H2,1H3. The highest BCUT2D eigenvalue weighted by molar-refractivity contribution is 6.35. The zero-order valence-electron chi connectivity index (χ0n) is 12.0. The van der Waals surface area contributed by atoms with Crippen LogP contribution >= 0.6 is 23.2 Å². The monoisotopic (exact) mass is 323 g/mol. The molecule has 4 heteroatoms. The Morgan fingerprint density at radius 2 is 1.71 bits per heavy atom. The van der Waals surface area contributed by atoms with E-state index >= 15 is 0 Å². The number of rotatable bonds is 7. The molecule has 0 aliphatic heterocycles. The molecule has 0 aliphatic rings. The number of ether oxygens (including phenoxy) is 1. The number of halogens is 2. The molecule has 0 bridgehead atoms. The Labute approximate surface area is 136 Å². The Balaban J connectivity index is 1.88. The first-order valence-corrected chi connectivity index (χ1v) is 7.81. The van der Waals surface area contributed by atoms with E-state index in [1.165, 1.54) is 5.56 Å². The second kappa shape index (κ2) is 8.28. The quantitative estimate of drug-likeness (QED) is 0.718. The highest BCUT2D eigenvalue weighted by atomic mass is 35.5. The van der Waals surface area contributed by atoms with E-state index in [0.29, 0.717) is 22.4 Å². The minimum atomic E-state index is 0.490. The average molecular weight is 324 g/mol. The van der Waals surface area contributed by atoms with Crippen LogP contribution < -0.4 is 10.1 Å². The van der Waals surface area contributed by atoms with Crippen molar-refractivity contribution in [3.63, 3.8) is 0 Å². The van der Waals surface area contributed by atoms with Crippen molar-refractivity contribution in [2.24, 2.45) is 0 Å². The van der Waals surface area contributed by atoms with Gasteiger partial charge in [-0.1, -0.05) is 54.4 Å². The third-order valence-corrected chi connectivity index (χ3v) is 3.60. The van der Waals surface area contributed by atoms with Crippen molar-refractivity contribution >= 4 is 23.2 Å². The predicted molar refractivity (Wildman–Crippen MR) is 89.2 cm³/mol. The number of nitrogens with one attached hydrogen (secondary N) is 1. The van der Waals surface area contributed by atoms with Crippen LogP contribution in [-0.4, -0.2) is 6.54 Å². The molecule has 0 saturated heterocycles. The van der Waals surface area contributed by atoms with Gasteiger partial charge in [-0.25, -0.2) is 0 Å². The zero-order chi connectivity index (χ0) is 15.1.